The zero-order valence-corrected chi connectivity index (χ0v) is 17.6. The van der Waals surface area contributed by atoms with E-state index in [1.165, 1.54) is 11.3 Å². The fourth-order valence-corrected chi connectivity index (χ4v) is 5.28. The van der Waals surface area contributed by atoms with Crippen LogP contribution in [0, 0.1) is 12.8 Å². The van der Waals surface area contributed by atoms with Crippen molar-refractivity contribution >= 4 is 23.4 Å². The lowest BCUT2D eigenvalue weighted by molar-refractivity contribution is -0.160. The molecule has 0 spiro atoms. The quantitative estimate of drug-likeness (QED) is 0.602. The molecule has 154 valence electrons. The average Bonchev–Trinajstić information content (AvgIpc) is 3.23. The molecular formula is C22H20N2O5S. The second-order valence-electron chi connectivity index (χ2n) is 7.50. The Hall–Kier alpha value is -3.13. The molecule has 1 aromatic carbocycles. The van der Waals surface area contributed by atoms with Crippen LogP contribution in [0.3, 0.4) is 0 Å². The Kier molecular flexibility index (Phi) is 4.21. The lowest BCUT2D eigenvalue weighted by Crippen LogP contribution is -2.58. The van der Waals surface area contributed by atoms with E-state index in [-0.39, 0.29) is 12.2 Å². The van der Waals surface area contributed by atoms with E-state index in [1.54, 1.807) is 24.5 Å². The van der Waals surface area contributed by atoms with Crippen molar-refractivity contribution in [2.24, 2.45) is 10.9 Å². The van der Waals surface area contributed by atoms with Crippen LogP contribution >= 0.6 is 11.3 Å². The Labute approximate surface area is 175 Å². The Morgan fingerprint density at radius 2 is 2.13 bits per heavy atom. The van der Waals surface area contributed by atoms with Crippen molar-refractivity contribution in [3.8, 4) is 5.75 Å². The number of rotatable bonds is 3. The van der Waals surface area contributed by atoms with Gasteiger partial charge in [0.15, 0.2) is 4.80 Å². The minimum atomic E-state index is -1.17. The SMILES string of the molecule is CCOC(=O)[C@H]1[C@@H]2c3ccccc3O[C@]1(C)N=c1s/c(=C/c3ccc(C)o3)c(=O)n12. The monoisotopic (exact) mass is 424 g/mol. The number of nitrogens with zero attached hydrogens (tertiary/aromatic N) is 2. The van der Waals surface area contributed by atoms with Gasteiger partial charge in [0.25, 0.3) is 5.56 Å². The van der Waals surface area contributed by atoms with Crippen molar-refractivity contribution in [1.29, 1.82) is 0 Å². The molecule has 0 radical (unpaired) electrons. The number of ether oxygens (including phenoxy) is 2. The van der Waals surface area contributed by atoms with Crippen LogP contribution in [0.4, 0.5) is 0 Å². The van der Waals surface area contributed by atoms with E-state index < -0.39 is 23.7 Å². The number of hydrogen-bond acceptors (Lipinski definition) is 7. The van der Waals surface area contributed by atoms with Gasteiger partial charge >= 0.3 is 5.97 Å². The predicted octanol–water partition coefficient (Wildman–Crippen LogP) is 2.15. The molecule has 0 aliphatic carbocycles. The maximum absolute atomic E-state index is 13.4. The summed E-state index contributed by atoms with van der Waals surface area (Å²) in [5.74, 6) is 0.771. The van der Waals surface area contributed by atoms with Crippen LogP contribution in [0.25, 0.3) is 6.08 Å². The summed E-state index contributed by atoms with van der Waals surface area (Å²) < 4.78 is 19.2. The van der Waals surface area contributed by atoms with E-state index in [0.717, 1.165) is 11.3 Å². The first-order chi connectivity index (χ1) is 14.4. The van der Waals surface area contributed by atoms with Gasteiger partial charge in [-0.15, -0.1) is 0 Å². The number of carbonyl (C=O) groups excluding carboxylic acids is 1. The first-order valence-electron chi connectivity index (χ1n) is 9.75. The highest BCUT2D eigenvalue weighted by atomic mass is 32.1. The highest BCUT2D eigenvalue weighted by Gasteiger charge is 2.55. The normalized spacial score (nSPS) is 24.4. The van der Waals surface area contributed by atoms with Gasteiger partial charge in [0.2, 0.25) is 5.72 Å². The highest BCUT2D eigenvalue weighted by molar-refractivity contribution is 7.07. The Balaban J connectivity index is 1.78. The number of carbonyl (C=O) groups is 1. The molecule has 2 aliphatic heterocycles. The number of thiazole rings is 1. The molecule has 3 atom stereocenters. The maximum Gasteiger partial charge on any atom is 0.317 e. The smallest absolute Gasteiger partial charge is 0.317 e. The molecule has 0 fully saturated rings. The minimum Gasteiger partial charge on any atom is -0.466 e. The van der Waals surface area contributed by atoms with Crippen molar-refractivity contribution < 1.29 is 18.7 Å². The fraction of sp³-hybridized carbons (Fsp3) is 0.318. The zero-order chi connectivity index (χ0) is 21.0. The van der Waals surface area contributed by atoms with Gasteiger partial charge in [-0.25, -0.2) is 4.99 Å². The van der Waals surface area contributed by atoms with Gasteiger partial charge < -0.3 is 13.9 Å². The summed E-state index contributed by atoms with van der Waals surface area (Å²) in [6.07, 6.45) is 1.71. The standard InChI is InChI=1S/C22H20N2O5S/c1-4-27-20(26)17-18-14-7-5-6-8-15(14)29-22(17,3)23-21-24(18)19(25)16(30-21)11-13-10-9-12(2)28-13/h5-11,17-18H,4H2,1-3H3/b16-11+/t17-,18+,22+/m1/s1. The van der Waals surface area contributed by atoms with Crippen LogP contribution in [0.2, 0.25) is 0 Å². The number of hydrogen-bond donors (Lipinski definition) is 0. The molecule has 0 amide bonds. The van der Waals surface area contributed by atoms with Gasteiger partial charge in [-0.05, 0) is 39.0 Å². The van der Waals surface area contributed by atoms with Gasteiger partial charge in [-0.3, -0.25) is 14.2 Å². The lowest BCUT2D eigenvalue weighted by Gasteiger charge is -2.44. The molecule has 3 aromatic rings. The van der Waals surface area contributed by atoms with E-state index in [1.807, 2.05) is 43.3 Å². The van der Waals surface area contributed by atoms with Crippen LogP contribution in [0.15, 0.2) is 50.6 Å². The topological polar surface area (TPSA) is 83.0 Å². The third-order valence-corrected chi connectivity index (χ3v) is 6.44. The summed E-state index contributed by atoms with van der Waals surface area (Å²) in [5.41, 5.74) is -0.614. The number of aromatic nitrogens is 1. The number of fused-ring (bicyclic) bond motifs is 6. The van der Waals surface area contributed by atoms with Crippen molar-refractivity contribution in [3.63, 3.8) is 0 Å². The zero-order valence-electron chi connectivity index (χ0n) is 16.7. The number of benzene rings is 1. The molecule has 4 heterocycles. The van der Waals surface area contributed by atoms with Crippen molar-refractivity contribution in [2.75, 3.05) is 6.61 Å². The summed E-state index contributed by atoms with van der Waals surface area (Å²) in [6.45, 7) is 5.61. The molecule has 2 aliphatic rings. The molecule has 2 aromatic heterocycles. The maximum atomic E-state index is 13.4. The molecule has 0 saturated carbocycles. The van der Waals surface area contributed by atoms with E-state index in [4.69, 9.17) is 18.9 Å². The summed E-state index contributed by atoms with van der Waals surface area (Å²) in [6, 6.07) is 10.5. The fourth-order valence-electron chi connectivity index (χ4n) is 4.20. The molecule has 8 heteroatoms. The van der Waals surface area contributed by atoms with Gasteiger partial charge in [0.05, 0.1) is 17.2 Å². The number of furan rings is 1. The van der Waals surface area contributed by atoms with Crippen LogP contribution in [0.5, 0.6) is 5.75 Å². The molecule has 30 heavy (non-hydrogen) atoms. The molecule has 5 rings (SSSR count). The summed E-state index contributed by atoms with van der Waals surface area (Å²) in [5, 5.41) is 0. The van der Waals surface area contributed by atoms with E-state index in [9.17, 15) is 9.59 Å². The first-order valence-corrected chi connectivity index (χ1v) is 10.6. The largest absolute Gasteiger partial charge is 0.466 e. The molecule has 0 saturated heterocycles. The third-order valence-electron chi connectivity index (χ3n) is 5.45. The van der Waals surface area contributed by atoms with Crippen molar-refractivity contribution in [2.45, 2.75) is 32.5 Å². The van der Waals surface area contributed by atoms with E-state index in [2.05, 4.69) is 0 Å². The Bertz CT molecular complexity index is 1330. The second kappa shape index (κ2) is 6.70. The van der Waals surface area contributed by atoms with Crippen LogP contribution < -0.4 is 19.6 Å². The van der Waals surface area contributed by atoms with Gasteiger partial charge in [0, 0.05) is 11.6 Å². The molecule has 7 nitrogen and oxygen atoms in total. The van der Waals surface area contributed by atoms with E-state index >= 15 is 0 Å². The first kappa shape index (κ1) is 18.9. The van der Waals surface area contributed by atoms with Gasteiger partial charge in [-0.2, -0.15) is 0 Å². The van der Waals surface area contributed by atoms with E-state index in [0.29, 0.717) is 20.8 Å². The van der Waals surface area contributed by atoms with Crippen molar-refractivity contribution in [3.05, 3.63) is 73.2 Å². The summed E-state index contributed by atoms with van der Waals surface area (Å²) in [7, 11) is 0. The Morgan fingerprint density at radius 3 is 2.87 bits per heavy atom. The van der Waals surface area contributed by atoms with Crippen LogP contribution in [0.1, 0.15) is 37.0 Å². The number of para-hydroxylation sites is 1. The molecule has 0 unspecified atom stereocenters. The summed E-state index contributed by atoms with van der Waals surface area (Å²) >= 11 is 1.26. The van der Waals surface area contributed by atoms with Crippen LogP contribution in [-0.4, -0.2) is 22.9 Å². The minimum absolute atomic E-state index is 0.217. The number of esters is 1. The van der Waals surface area contributed by atoms with Gasteiger partial charge in [0.1, 0.15) is 23.2 Å². The number of aryl methyl sites for hydroxylation is 1. The van der Waals surface area contributed by atoms with Crippen LogP contribution in [-0.2, 0) is 9.53 Å². The average molecular weight is 424 g/mol. The predicted molar refractivity (Wildman–Crippen MR) is 110 cm³/mol. The molecular weight excluding hydrogens is 404 g/mol. The third kappa shape index (κ3) is 2.74. The molecule has 2 bridgehead atoms. The van der Waals surface area contributed by atoms with Gasteiger partial charge in [-0.1, -0.05) is 29.5 Å². The highest BCUT2D eigenvalue weighted by Crippen LogP contribution is 2.47. The summed E-state index contributed by atoms with van der Waals surface area (Å²) in [4.78, 5) is 31.6. The molecule has 0 N–H and O–H groups in total. The lowest BCUT2D eigenvalue weighted by atomic mass is 9.81. The van der Waals surface area contributed by atoms with Crippen molar-refractivity contribution in [1.82, 2.24) is 4.57 Å². The second-order valence-corrected chi connectivity index (χ2v) is 8.51. The Morgan fingerprint density at radius 1 is 1.33 bits per heavy atom.